The van der Waals surface area contributed by atoms with E-state index in [9.17, 15) is 18.7 Å². The van der Waals surface area contributed by atoms with E-state index < -0.39 is 11.6 Å². The van der Waals surface area contributed by atoms with Crippen LogP contribution in [0.5, 0.6) is 5.75 Å². The Labute approximate surface area is 139 Å². The van der Waals surface area contributed by atoms with Gasteiger partial charge < -0.3 is 14.7 Å². The van der Waals surface area contributed by atoms with Gasteiger partial charge in [-0.2, -0.15) is 0 Å². The van der Waals surface area contributed by atoms with Crippen LogP contribution in [0.15, 0.2) is 18.2 Å². The summed E-state index contributed by atoms with van der Waals surface area (Å²) in [5, 5.41) is 9.97. The molecule has 2 aliphatic rings. The van der Waals surface area contributed by atoms with Gasteiger partial charge in [0, 0.05) is 38.3 Å². The minimum atomic E-state index is -0.691. The van der Waals surface area contributed by atoms with Crippen molar-refractivity contribution in [3.63, 3.8) is 0 Å². The van der Waals surface area contributed by atoms with E-state index >= 15 is 0 Å². The highest BCUT2D eigenvalue weighted by molar-refractivity contribution is 5.77. The minimum Gasteiger partial charge on any atom is -0.481 e. The third kappa shape index (κ3) is 3.84. The highest BCUT2D eigenvalue weighted by atomic mass is 19.1. The van der Waals surface area contributed by atoms with E-state index in [1.807, 2.05) is 0 Å². The number of hydrogen-bond donors (Lipinski definition) is 1. The van der Waals surface area contributed by atoms with Crippen LogP contribution >= 0.6 is 0 Å². The van der Waals surface area contributed by atoms with Crippen LogP contribution in [-0.4, -0.2) is 65.7 Å². The fourth-order valence-electron chi connectivity index (χ4n) is 3.47. The first kappa shape index (κ1) is 17.1. The molecule has 132 valence electrons. The van der Waals surface area contributed by atoms with Crippen molar-refractivity contribution in [2.24, 2.45) is 0 Å². The fraction of sp³-hybridized carbons (Fsp3) is 0.588. The molecule has 1 saturated heterocycles. The van der Waals surface area contributed by atoms with Gasteiger partial charge >= 0.3 is 0 Å². The van der Waals surface area contributed by atoms with Crippen LogP contribution in [0.25, 0.3) is 0 Å². The summed E-state index contributed by atoms with van der Waals surface area (Å²) in [6.07, 6.45) is 2.61. The van der Waals surface area contributed by atoms with Crippen molar-refractivity contribution in [1.29, 1.82) is 0 Å². The van der Waals surface area contributed by atoms with Crippen molar-refractivity contribution in [2.45, 2.75) is 31.4 Å². The number of carbonyl (C=O) groups excluding carboxylic acids is 1. The zero-order valence-electron chi connectivity index (χ0n) is 13.5. The number of nitrogens with zero attached hydrogens (tertiary/aromatic N) is 2. The van der Waals surface area contributed by atoms with Crippen molar-refractivity contribution in [1.82, 2.24) is 9.80 Å². The molecule has 0 unspecified atom stereocenters. The number of benzene rings is 1. The van der Waals surface area contributed by atoms with Gasteiger partial charge in [0.15, 0.2) is 18.2 Å². The molecule has 1 aromatic carbocycles. The van der Waals surface area contributed by atoms with E-state index in [1.54, 1.807) is 4.90 Å². The van der Waals surface area contributed by atoms with Gasteiger partial charge in [0.05, 0.1) is 6.10 Å². The number of carbonyl (C=O) groups is 1. The summed E-state index contributed by atoms with van der Waals surface area (Å²) in [6.45, 7) is 2.21. The average molecular weight is 340 g/mol. The standard InChI is InChI=1S/C17H22F2N2O3/c18-12-4-5-13(19)16(10-12)24-11-17(23)21-8-6-20(7-9-21)14-2-1-3-15(14)22/h4-5,10,14-15,22H,1-3,6-9,11H2/t14-,15+/m0/s1. The van der Waals surface area contributed by atoms with E-state index in [1.165, 1.54) is 0 Å². The van der Waals surface area contributed by atoms with E-state index in [0.29, 0.717) is 26.2 Å². The lowest BCUT2D eigenvalue weighted by molar-refractivity contribution is -0.135. The first-order valence-corrected chi connectivity index (χ1v) is 8.32. The summed E-state index contributed by atoms with van der Waals surface area (Å²) in [7, 11) is 0. The average Bonchev–Trinajstić information content (AvgIpc) is 3.01. The van der Waals surface area contributed by atoms with Crippen molar-refractivity contribution in [2.75, 3.05) is 32.8 Å². The molecule has 1 aliphatic heterocycles. The third-order valence-electron chi connectivity index (χ3n) is 4.82. The molecule has 5 nitrogen and oxygen atoms in total. The molecule has 1 N–H and O–H groups in total. The molecule has 0 spiro atoms. The second kappa shape index (κ2) is 7.44. The molecule has 1 saturated carbocycles. The van der Waals surface area contributed by atoms with E-state index in [0.717, 1.165) is 37.5 Å². The molecule has 1 aromatic rings. The van der Waals surface area contributed by atoms with E-state index in [2.05, 4.69) is 4.90 Å². The largest absolute Gasteiger partial charge is 0.481 e. The van der Waals surface area contributed by atoms with Crippen molar-refractivity contribution >= 4 is 5.91 Å². The fourth-order valence-corrected chi connectivity index (χ4v) is 3.47. The topological polar surface area (TPSA) is 53.0 Å². The first-order valence-electron chi connectivity index (χ1n) is 8.32. The zero-order chi connectivity index (χ0) is 17.1. The molecular weight excluding hydrogens is 318 g/mol. The maximum absolute atomic E-state index is 13.5. The number of ether oxygens (including phenoxy) is 1. The first-order chi connectivity index (χ1) is 11.5. The molecule has 1 aliphatic carbocycles. The van der Waals surface area contributed by atoms with Crippen molar-refractivity contribution < 1.29 is 23.4 Å². The van der Waals surface area contributed by atoms with E-state index in [-0.39, 0.29) is 30.4 Å². The maximum Gasteiger partial charge on any atom is 0.260 e. The summed E-state index contributed by atoms with van der Waals surface area (Å²) < 4.78 is 31.7. The van der Waals surface area contributed by atoms with Crippen LogP contribution in [0.3, 0.4) is 0 Å². The van der Waals surface area contributed by atoms with Gasteiger partial charge in [-0.15, -0.1) is 0 Å². The van der Waals surface area contributed by atoms with Gasteiger partial charge in [-0.3, -0.25) is 9.69 Å². The number of aliphatic hydroxyl groups excluding tert-OH is 1. The Bertz CT molecular complexity index is 591. The number of halogens is 2. The number of amides is 1. The SMILES string of the molecule is O=C(COc1cc(F)ccc1F)N1CCN([C@H]2CCC[C@H]2O)CC1. The van der Waals surface area contributed by atoms with Gasteiger partial charge in [0.25, 0.3) is 5.91 Å². The molecule has 24 heavy (non-hydrogen) atoms. The summed E-state index contributed by atoms with van der Waals surface area (Å²) in [5.41, 5.74) is 0. The predicted octanol–water partition coefficient (Wildman–Crippen LogP) is 1.40. The Morgan fingerprint density at radius 3 is 2.62 bits per heavy atom. The smallest absolute Gasteiger partial charge is 0.260 e. The number of rotatable bonds is 4. The van der Waals surface area contributed by atoms with Gasteiger partial charge in [0.2, 0.25) is 0 Å². The van der Waals surface area contributed by atoms with Crippen LogP contribution in [0.2, 0.25) is 0 Å². The molecule has 7 heteroatoms. The van der Waals surface area contributed by atoms with Crippen LogP contribution in [-0.2, 0) is 4.79 Å². The number of piperazine rings is 1. The Balaban J connectivity index is 1.47. The Morgan fingerprint density at radius 2 is 1.96 bits per heavy atom. The maximum atomic E-state index is 13.5. The molecule has 2 atom stereocenters. The monoisotopic (exact) mass is 340 g/mol. The highest BCUT2D eigenvalue weighted by Gasteiger charge is 2.33. The van der Waals surface area contributed by atoms with Crippen molar-refractivity contribution in [3.8, 4) is 5.75 Å². The lowest BCUT2D eigenvalue weighted by atomic mass is 10.1. The molecule has 1 amide bonds. The molecule has 0 aromatic heterocycles. The normalized spacial score (nSPS) is 25.0. The van der Waals surface area contributed by atoms with Gasteiger partial charge in [-0.1, -0.05) is 0 Å². The quantitative estimate of drug-likeness (QED) is 0.900. The molecule has 2 fully saturated rings. The van der Waals surface area contributed by atoms with Crippen LogP contribution in [0.4, 0.5) is 8.78 Å². The van der Waals surface area contributed by atoms with Gasteiger partial charge in [-0.05, 0) is 31.4 Å². The second-order valence-electron chi connectivity index (χ2n) is 6.35. The summed E-state index contributed by atoms with van der Waals surface area (Å²) in [6, 6.07) is 3.10. The lowest BCUT2D eigenvalue weighted by Gasteiger charge is -2.39. The number of hydrogen-bond acceptors (Lipinski definition) is 4. The van der Waals surface area contributed by atoms with Gasteiger partial charge in [0.1, 0.15) is 5.82 Å². The van der Waals surface area contributed by atoms with Gasteiger partial charge in [-0.25, -0.2) is 8.78 Å². The summed E-state index contributed by atoms with van der Waals surface area (Å²) in [4.78, 5) is 16.1. The third-order valence-corrected chi connectivity index (χ3v) is 4.82. The minimum absolute atomic E-state index is 0.194. The summed E-state index contributed by atoms with van der Waals surface area (Å²) in [5.74, 6) is -1.80. The Kier molecular flexibility index (Phi) is 5.30. The predicted molar refractivity (Wildman–Crippen MR) is 83.7 cm³/mol. The lowest BCUT2D eigenvalue weighted by Crippen LogP contribution is -2.54. The molecule has 0 bridgehead atoms. The van der Waals surface area contributed by atoms with Crippen LogP contribution < -0.4 is 4.74 Å². The van der Waals surface area contributed by atoms with E-state index in [4.69, 9.17) is 4.74 Å². The highest BCUT2D eigenvalue weighted by Crippen LogP contribution is 2.25. The molecule has 3 rings (SSSR count). The number of aliphatic hydroxyl groups is 1. The Hall–Kier alpha value is -1.73. The van der Waals surface area contributed by atoms with Crippen molar-refractivity contribution in [3.05, 3.63) is 29.8 Å². The summed E-state index contributed by atoms with van der Waals surface area (Å²) >= 11 is 0. The van der Waals surface area contributed by atoms with Crippen LogP contribution in [0.1, 0.15) is 19.3 Å². The Morgan fingerprint density at radius 1 is 1.21 bits per heavy atom. The molecule has 0 radical (unpaired) electrons. The van der Waals surface area contributed by atoms with Crippen LogP contribution in [0, 0.1) is 11.6 Å². The zero-order valence-corrected chi connectivity index (χ0v) is 13.5. The molecular formula is C17H22F2N2O3. The second-order valence-corrected chi connectivity index (χ2v) is 6.35. The molecule has 1 heterocycles.